The van der Waals surface area contributed by atoms with Gasteiger partial charge >= 0.3 is 5.97 Å². The van der Waals surface area contributed by atoms with Crippen molar-refractivity contribution in [1.82, 2.24) is 0 Å². The Bertz CT molecular complexity index is 421. The molecule has 1 atom stereocenters. The maximum absolute atomic E-state index is 11.9. The van der Waals surface area contributed by atoms with Gasteiger partial charge in [-0.1, -0.05) is 13.0 Å². The van der Waals surface area contributed by atoms with E-state index in [1.165, 1.54) is 0 Å². The summed E-state index contributed by atoms with van der Waals surface area (Å²) in [5, 5.41) is 3.25. The van der Waals surface area contributed by atoms with Gasteiger partial charge in [0.2, 0.25) is 0 Å². The molecule has 0 fully saturated rings. The molecular formula is C14H22N2O3. The molecule has 1 aromatic carbocycles. The van der Waals surface area contributed by atoms with Gasteiger partial charge < -0.3 is 20.5 Å². The van der Waals surface area contributed by atoms with Crippen LogP contribution in [0.15, 0.2) is 18.2 Å². The molecule has 1 rings (SSSR count). The summed E-state index contributed by atoms with van der Waals surface area (Å²) in [5.41, 5.74) is 7.54. The van der Waals surface area contributed by atoms with E-state index >= 15 is 0 Å². The van der Waals surface area contributed by atoms with Gasteiger partial charge in [-0.3, -0.25) is 0 Å². The number of nitrogens with one attached hydrogen (secondary N) is 1. The van der Waals surface area contributed by atoms with E-state index in [0.717, 1.165) is 6.42 Å². The highest BCUT2D eigenvalue weighted by atomic mass is 16.5. The molecule has 0 aliphatic rings. The zero-order valence-electron chi connectivity index (χ0n) is 11.7. The van der Waals surface area contributed by atoms with Crippen LogP contribution in [0.3, 0.4) is 0 Å². The Balaban J connectivity index is 3.00. The molecule has 0 amide bonds. The van der Waals surface area contributed by atoms with Gasteiger partial charge in [-0.25, -0.2) is 4.79 Å². The van der Waals surface area contributed by atoms with Gasteiger partial charge in [-0.15, -0.1) is 0 Å². The Labute approximate surface area is 114 Å². The number of hydrogen-bond acceptors (Lipinski definition) is 5. The third-order valence-electron chi connectivity index (χ3n) is 2.80. The summed E-state index contributed by atoms with van der Waals surface area (Å²) in [6.07, 6.45) is 0.866. The summed E-state index contributed by atoms with van der Waals surface area (Å²) in [6.45, 7) is 4.70. The largest absolute Gasteiger partial charge is 0.462 e. The fourth-order valence-corrected chi connectivity index (χ4v) is 1.78. The van der Waals surface area contributed by atoms with Crippen LogP contribution in [0.25, 0.3) is 0 Å². The van der Waals surface area contributed by atoms with Crippen LogP contribution in [-0.4, -0.2) is 32.3 Å². The van der Waals surface area contributed by atoms with Gasteiger partial charge in [-0.05, 0) is 25.5 Å². The summed E-state index contributed by atoms with van der Waals surface area (Å²) in [4.78, 5) is 11.9. The molecule has 106 valence electrons. The third-order valence-corrected chi connectivity index (χ3v) is 2.80. The first kappa shape index (κ1) is 15.3. The highest BCUT2D eigenvalue weighted by molar-refractivity contribution is 5.98. The normalized spacial score (nSPS) is 11.9. The molecule has 0 bridgehead atoms. The van der Waals surface area contributed by atoms with Crippen LogP contribution in [0.5, 0.6) is 0 Å². The molecule has 0 heterocycles. The van der Waals surface area contributed by atoms with Crippen LogP contribution in [0.4, 0.5) is 11.4 Å². The van der Waals surface area contributed by atoms with Gasteiger partial charge in [0.1, 0.15) is 0 Å². The number of nitrogens with two attached hydrogens (primary N) is 1. The van der Waals surface area contributed by atoms with Crippen molar-refractivity contribution in [2.24, 2.45) is 0 Å². The number of hydrogen-bond donors (Lipinski definition) is 2. The number of rotatable bonds is 7. The number of nitrogen functional groups attached to an aromatic ring is 1. The van der Waals surface area contributed by atoms with Gasteiger partial charge in [0, 0.05) is 13.2 Å². The lowest BCUT2D eigenvalue weighted by Crippen LogP contribution is -2.26. The Morgan fingerprint density at radius 1 is 1.42 bits per heavy atom. The molecule has 0 aromatic heterocycles. The number of carbonyl (C=O) groups excluding carboxylic acids is 1. The maximum atomic E-state index is 11.9. The van der Waals surface area contributed by atoms with Gasteiger partial charge in [-0.2, -0.15) is 0 Å². The van der Waals surface area contributed by atoms with E-state index < -0.39 is 0 Å². The molecule has 1 aromatic rings. The van der Waals surface area contributed by atoms with Crippen molar-refractivity contribution in [1.29, 1.82) is 0 Å². The first-order chi connectivity index (χ1) is 9.13. The average molecular weight is 266 g/mol. The zero-order valence-corrected chi connectivity index (χ0v) is 11.7. The lowest BCUT2D eigenvalue weighted by atomic mass is 10.1. The first-order valence-corrected chi connectivity index (χ1v) is 6.45. The van der Waals surface area contributed by atoms with Crippen molar-refractivity contribution >= 4 is 17.3 Å². The highest BCUT2D eigenvalue weighted by Gasteiger charge is 2.17. The Morgan fingerprint density at radius 2 is 2.16 bits per heavy atom. The second-order valence-electron chi connectivity index (χ2n) is 4.20. The SMILES string of the molecule is CCOC(=O)c1cccc(N)c1NC(CC)COC. The molecule has 0 spiro atoms. The van der Waals surface area contributed by atoms with E-state index in [-0.39, 0.29) is 12.0 Å². The van der Waals surface area contributed by atoms with Crippen LogP contribution in [0.1, 0.15) is 30.6 Å². The highest BCUT2D eigenvalue weighted by Crippen LogP contribution is 2.25. The Morgan fingerprint density at radius 3 is 2.74 bits per heavy atom. The van der Waals surface area contributed by atoms with Crippen LogP contribution >= 0.6 is 0 Å². The van der Waals surface area contributed by atoms with Crippen LogP contribution in [0.2, 0.25) is 0 Å². The summed E-state index contributed by atoms with van der Waals surface area (Å²) in [5.74, 6) is -0.371. The maximum Gasteiger partial charge on any atom is 0.340 e. The fourth-order valence-electron chi connectivity index (χ4n) is 1.78. The molecule has 0 saturated heterocycles. The molecular weight excluding hydrogens is 244 g/mol. The van der Waals surface area contributed by atoms with E-state index in [2.05, 4.69) is 5.32 Å². The molecule has 5 heteroatoms. The van der Waals surface area contributed by atoms with Gasteiger partial charge in [0.25, 0.3) is 0 Å². The van der Waals surface area contributed by atoms with Crippen molar-refractivity contribution in [2.45, 2.75) is 26.3 Å². The second-order valence-corrected chi connectivity index (χ2v) is 4.20. The topological polar surface area (TPSA) is 73.6 Å². The van der Waals surface area contributed by atoms with Crippen LogP contribution < -0.4 is 11.1 Å². The van der Waals surface area contributed by atoms with Crippen molar-refractivity contribution in [2.75, 3.05) is 31.4 Å². The number of esters is 1. The van der Waals surface area contributed by atoms with Crippen molar-refractivity contribution in [3.63, 3.8) is 0 Å². The number of carbonyl (C=O) groups is 1. The molecule has 3 N–H and O–H groups in total. The first-order valence-electron chi connectivity index (χ1n) is 6.45. The summed E-state index contributed by atoms with van der Waals surface area (Å²) >= 11 is 0. The second kappa shape index (κ2) is 7.63. The number of para-hydroxylation sites is 1. The average Bonchev–Trinajstić information content (AvgIpc) is 2.40. The number of methoxy groups -OCH3 is 1. The Kier molecular flexibility index (Phi) is 6.15. The number of benzene rings is 1. The number of ether oxygens (including phenoxy) is 2. The predicted octanol–water partition coefficient (Wildman–Crippen LogP) is 2.28. The molecule has 0 aliphatic heterocycles. The molecule has 1 unspecified atom stereocenters. The molecule has 5 nitrogen and oxygen atoms in total. The van der Waals surface area contributed by atoms with E-state index in [1.54, 1.807) is 32.2 Å². The molecule has 0 radical (unpaired) electrons. The van der Waals surface area contributed by atoms with Crippen LogP contribution in [-0.2, 0) is 9.47 Å². The lowest BCUT2D eigenvalue weighted by molar-refractivity contribution is 0.0527. The standard InChI is InChI=1S/C14H22N2O3/c1-4-10(9-18-3)16-13-11(14(17)19-5-2)7-6-8-12(13)15/h6-8,10,16H,4-5,9,15H2,1-3H3. The number of anilines is 2. The van der Waals surface area contributed by atoms with Gasteiger partial charge in [0.05, 0.1) is 30.2 Å². The van der Waals surface area contributed by atoms with E-state index in [4.69, 9.17) is 15.2 Å². The Hall–Kier alpha value is -1.75. The fraction of sp³-hybridized carbons (Fsp3) is 0.500. The minimum absolute atomic E-state index is 0.0999. The van der Waals surface area contributed by atoms with Crippen molar-refractivity contribution in [3.8, 4) is 0 Å². The molecule has 0 aliphatic carbocycles. The van der Waals surface area contributed by atoms with Gasteiger partial charge in [0.15, 0.2) is 0 Å². The third kappa shape index (κ3) is 4.13. The van der Waals surface area contributed by atoms with E-state index in [9.17, 15) is 4.79 Å². The summed E-state index contributed by atoms with van der Waals surface area (Å²) in [7, 11) is 1.64. The monoisotopic (exact) mass is 266 g/mol. The zero-order chi connectivity index (χ0) is 14.3. The molecule has 19 heavy (non-hydrogen) atoms. The van der Waals surface area contributed by atoms with E-state index in [0.29, 0.717) is 30.2 Å². The van der Waals surface area contributed by atoms with Crippen molar-refractivity contribution in [3.05, 3.63) is 23.8 Å². The molecule has 0 saturated carbocycles. The summed E-state index contributed by atoms with van der Waals surface area (Å²) in [6, 6.07) is 5.30. The van der Waals surface area contributed by atoms with Crippen molar-refractivity contribution < 1.29 is 14.3 Å². The smallest absolute Gasteiger partial charge is 0.340 e. The quantitative estimate of drug-likeness (QED) is 0.585. The minimum atomic E-state index is -0.371. The lowest BCUT2D eigenvalue weighted by Gasteiger charge is -2.20. The minimum Gasteiger partial charge on any atom is -0.462 e. The summed E-state index contributed by atoms with van der Waals surface area (Å²) < 4.78 is 10.2. The van der Waals surface area contributed by atoms with Crippen LogP contribution in [0, 0.1) is 0 Å². The van der Waals surface area contributed by atoms with E-state index in [1.807, 2.05) is 6.92 Å². The predicted molar refractivity (Wildman–Crippen MR) is 76.4 cm³/mol.